The van der Waals surface area contributed by atoms with Crippen LogP contribution in [0.25, 0.3) is 11.0 Å². The number of hydrogen-bond donors (Lipinski definition) is 0. The van der Waals surface area contributed by atoms with Gasteiger partial charge in [-0.2, -0.15) is 0 Å². The highest BCUT2D eigenvalue weighted by Crippen LogP contribution is 2.35. The van der Waals surface area contributed by atoms with Gasteiger partial charge in [-0.3, -0.25) is 0 Å². The van der Waals surface area contributed by atoms with Crippen LogP contribution < -0.4 is 0 Å². The molecule has 4 rings (SSSR count). The normalized spacial score (nSPS) is 17.8. The zero-order chi connectivity index (χ0) is 12.8. The third-order valence-electron chi connectivity index (χ3n) is 3.86. The summed E-state index contributed by atoms with van der Waals surface area (Å²) in [6.45, 7) is 0. The van der Waals surface area contributed by atoms with Crippen molar-refractivity contribution in [3.8, 4) is 0 Å². The summed E-state index contributed by atoms with van der Waals surface area (Å²) < 4.78 is 2.34. The Balaban J connectivity index is 1.94. The molecule has 0 unspecified atom stereocenters. The first-order chi connectivity index (χ1) is 9.33. The standard InChI is InChI=1S/C16H13ClN2/c17-12-6-7-13-15(10-12)19-14(8-9-16(19)18-13)11-4-2-1-3-5-11/h1-7,10,14H,8-9H2/t14-/m0/s1. The van der Waals surface area contributed by atoms with Crippen molar-refractivity contribution in [2.24, 2.45) is 0 Å². The number of aromatic nitrogens is 2. The lowest BCUT2D eigenvalue weighted by atomic mass is 10.0. The summed E-state index contributed by atoms with van der Waals surface area (Å²) in [5.74, 6) is 1.17. The van der Waals surface area contributed by atoms with E-state index >= 15 is 0 Å². The second-order valence-electron chi connectivity index (χ2n) is 5.00. The maximum atomic E-state index is 6.13. The van der Waals surface area contributed by atoms with Crippen LogP contribution in [0.3, 0.4) is 0 Å². The molecule has 3 aromatic rings. The molecule has 0 saturated heterocycles. The number of hydrogen-bond acceptors (Lipinski definition) is 1. The molecule has 0 radical (unpaired) electrons. The Bertz CT molecular complexity index is 746. The number of halogens is 1. The van der Waals surface area contributed by atoms with Gasteiger partial charge in [0.15, 0.2) is 0 Å². The minimum atomic E-state index is 0.389. The van der Waals surface area contributed by atoms with Gasteiger partial charge in [0.25, 0.3) is 0 Å². The molecule has 19 heavy (non-hydrogen) atoms. The molecule has 0 amide bonds. The molecule has 94 valence electrons. The van der Waals surface area contributed by atoms with Crippen molar-refractivity contribution in [3.05, 3.63) is 64.9 Å². The largest absolute Gasteiger partial charge is 0.320 e. The van der Waals surface area contributed by atoms with Crippen LogP contribution in [0.2, 0.25) is 5.02 Å². The Labute approximate surface area is 116 Å². The first kappa shape index (κ1) is 11.1. The molecule has 0 bridgehead atoms. The third-order valence-corrected chi connectivity index (χ3v) is 4.10. The summed E-state index contributed by atoms with van der Waals surface area (Å²) in [4.78, 5) is 4.71. The molecule has 0 aliphatic carbocycles. The first-order valence-corrected chi connectivity index (χ1v) is 6.92. The summed E-state index contributed by atoms with van der Waals surface area (Å²) >= 11 is 6.13. The highest BCUT2D eigenvalue weighted by atomic mass is 35.5. The van der Waals surface area contributed by atoms with Crippen LogP contribution in [0.15, 0.2) is 48.5 Å². The Morgan fingerprint density at radius 3 is 2.79 bits per heavy atom. The van der Waals surface area contributed by atoms with Gasteiger partial charge in [0.05, 0.1) is 17.1 Å². The molecule has 1 atom stereocenters. The molecule has 0 saturated carbocycles. The van der Waals surface area contributed by atoms with E-state index in [-0.39, 0.29) is 0 Å². The maximum absolute atomic E-state index is 6.13. The first-order valence-electron chi connectivity index (χ1n) is 6.54. The number of benzene rings is 2. The lowest BCUT2D eigenvalue weighted by Crippen LogP contribution is -2.05. The van der Waals surface area contributed by atoms with Crippen LogP contribution in [0.4, 0.5) is 0 Å². The molecule has 3 heteroatoms. The highest BCUT2D eigenvalue weighted by molar-refractivity contribution is 6.31. The quantitative estimate of drug-likeness (QED) is 0.646. The van der Waals surface area contributed by atoms with Gasteiger partial charge in [-0.25, -0.2) is 4.98 Å². The van der Waals surface area contributed by atoms with Gasteiger partial charge >= 0.3 is 0 Å². The lowest BCUT2D eigenvalue weighted by Gasteiger charge is -2.14. The molecule has 2 nitrogen and oxygen atoms in total. The number of fused-ring (bicyclic) bond motifs is 3. The number of imidazole rings is 1. The Morgan fingerprint density at radius 1 is 1.11 bits per heavy atom. The second kappa shape index (κ2) is 4.10. The fraction of sp³-hybridized carbons (Fsp3) is 0.188. The SMILES string of the molecule is Clc1ccc2nc3n(c2c1)[C@H](c1ccccc1)CC3. The minimum absolute atomic E-state index is 0.389. The fourth-order valence-electron chi connectivity index (χ4n) is 3.03. The van der Waals surface area contributed by atoms with E-state index in [1.165, 1.54) is 11.4 Å². The van der Waals surface area contributed by atoms with E-state index < -0.39 is 0 Å². The van der Waals surface area contributed by atoms with Crippen molar-refractivity contribution < 1.29 is 0 Å². The Morgan fingerprint density at radius 2 is 1.95 bits per heavy atom. The minimum Gasteiger partial charge on any atom is -0.320 e. The van der Waals surface area contributed by atoms with E-state index in [4.69, 9.17) is 16.6 Å². The molecule has 0 fully saturated rings. The van der Waals surface area contributed by atoms with E-state index in [0.29, 0.717) is 6.04 Å². The maximum Gasteiger partial charge on any atom is 0.110 e. The molecule has 1 aromatic heterocycles. The van der Waals surface area contributed by atoms with Crippen molar-refractivity contribution in [1.82, 2.24) is 9.55 Å². The van der Waals surface area contributed by atoms with Crippen molar-refractivity contribution in [2.45, 2.75) is 18.9 Å². The monoisotopic (exact) mass is 268 g/mol. The molecule has 2 heterocycles. The van der Waals surface area contributed by atoms with E-state index in [1.54, 1.807) is 0 Å². The fourth-order valence-corrected chi connectivity index (χ4v) is 3.19. The topological polar surface area (TPSA) is 17.8 Å². The lowest BCUT2D eigenvalue weighted by molar-refractivity contribution is 0.637. The average molecular weight is 269 g/mol. The van der Waals surface area contributed by atoms with E-state index in [2.05, 4.69) is 34.9 Å². The molecule has 2 aromatic carbocycles. The van der Waals surface area contributed by atoms with Gasteiger partial charge in [-0.05, 0) is 30.2 Å². The van der Waals surface area contributed by atoms with Gasteiger partial charge in [-0.1, -0.05) is 41.9 Å². The van der Waals surface area contributed by atoms with E-state index in [1.807, 2.05) is 18.2 Å². The summed E-state index contributed by atoms with van der Waals surface area (Å²) in [6, 6.07) is 17.0. The van der Waals surface area contributed by atoms with E-state index in [9.17, 15) is 0 Å². The van der Waals surface area contributed by atoms with Crippen molar-refractivity contribution in [2.75, 3.05) is 0 Å². The van der Waals surface area contributed by atoms with Crippen LogP contribution in [0, 0.1) is 0 Å². The zero-order valence-corrected chi connectivity index (χ0v) is 11.1. The third kappa shape index (κ3) is 1.67. The van der Waals surface area contributed by atoms with E-state index in [0.717, 1.165) is 28.9 Å². The predicted molar refractivity (Wildman–Crippen MR) is 77.6 cm³/mol. The summed E-state index contributed by atoms with van der Waals surface area (Å²) in [5, 5.41) is 0.772. The van der Waals surface area contributed by atoms with Gasteiger partial charge in [0.1, 0.15) is 5.82 Å². The molecular formula is C16H13ClN2. The number of aryl methyl sites for hydroxylation is 1. The molecule has 0 spiro atoms. The van der Waals surface area contributed by atoms with Crippen LogP contribution in [0.5, 0.6) is 0 Å². The zero-order valence-electron chi connectivity index (χ0n) is 10.4. The average Bonchev–Trinajstić information content (AvgIpc) is 2.99. The van der Waals surface area contributed by atoms with Crippen LogP contribution in [0.1, 0.15) is 23.9 Å². The molecule has 0 N–H and O–H groups in total. The van der Waals surface area contributed by atoms with Crippen LogP contribution in [-0.2, 0) is 6.42 Å². The van der Waals surface area contributed by atoms with Crippen molar-refractivity contribution in [3.63, 3.8) is 0 Å². The molecule has 1 aliphatic rings. The summed E-state index contributed by atoms with van der Waals surface area (Å²) in [6.07, 6.45) is 2.15. The van der Waals surface area contributed by atoms with Gasteiger partial charge < -0.3 is 4.57 Å². The smallest absolute Gasteiger partial charge is 0.110 e. The highest BCUT2D eigenvalue weighted by Gasteiger charge is 2.26. The summed E-state index contributed by atoms with van der Waals surface area (Å²) in [7, 11) is 0. The van der Waals surface area contributed by atoms with Crippen LogP contribution >= 0.6 is 11.6 Å². The van der Waals surface area contributed by atoms with Gasteiger partial charge in [0.2, 0.25) is 0 Å². The number of nitrogens with zero attached hydrogens (tertiary/aromatic N) is 2. The van der Waals surface area contributed by atoms with Gasteiger partial charge in [0, 0.05) is 11.4 Å². The molecule has 1 aliphatic heterocycles. The van der Waals surface area contributed by atoms with Crippen LogP contribution in [-0.4, -0.2) is 9.55 Å². The Kier molecular flexibility index (Phi) is 2.39. The Hall–Kier alpha value is -1.80. The van der Waals surface area contributed by atoms with Gasteiger partial charge in [-0.15, -0.1) is 0 Å². The van der Waals surface area contributed by atoms with Crippen molar-refractivity contribution in [1.29, 1.82) is 0 Å². The predicted octanol–water partition coefficient (Wildman–Crippen LogP) is 4.23. The van der Waals surface area contributed by atoms with Crippen molar-refractivity contribution >= 4 is 22.6 Å². The second-order valence-corrected chi connectivity index (χ2v) is 5.43. The summed E-state index contributed by atoms with van der Waals surface area (Å²) in [5.41, 5.74) is 3.54. The number of rotatable bonds is 1. The molecular weight excluding hydrogens is 256 g/mol.